The number of rotatable bonds is 8. The maximum absolute atomic E-state index is 12.8. The van der Waals surface area contributed by atoms with Crippen molar-refractivity contribution in [2.24, 2.45) is 0 Å². The molecular weight excluding hydrogens is 325 g/mol. The molecule has 6 nitrogen and oxygen atoms in total. The molecule has 1 aromatic carbocycles. The predicted octanol–water partition coefficient (Wildman–Crippen LogP) is 0.665. The van der Waals surface area contributed by atoms with E-state index in [1.54, 1.807) is 24.0 Å². The summed E-state index contributed by atoms with van der Waals surface area (Å²) in [6.45, 7) is 7.13. The molecule has 0 bridgehead atoms. The van der Waals surface area contributed by atoms with Crippen molar-refractivity contribution < 1.29 is 18.7 Å². The smallest absolute Gasteiger partial charge is 0.224 e. The van der Waals surface area contributed by atoms with Gasteiger partial charge in [-0.3, -0.25) is 14.5 Å². The highest BCUT2D eigenvalue weighted by molar-refractivity contribution is 5.78. The second-order valence-corrected chi connectivity index (χ2v) is 6.11. The molecule has 2 rings (SSSR count). The van der Waals surface area contributed by atoms with E-state index in [4.69, 9.17) is 4.74 Å². The Bertz CT molecular complexity index is 559. The summed E-state index contributed by atoms with van der Waals surface area (Å²) >= 11 is 0. The normalized spacial score (nSPS) is 15.0. The van der Waals surface area contributed by atoms with E-state index in [1.165, 1.54) is 12.1 Å². The number of carbonyl (C=O) groups excluding carboxylic acids is 2. The van der Waals surface area contributed by atoms with E-state index >= 15 is 0 Å². The first-order valence-corrected chi connectivity index (χ1v) is 8.61. The lowest BCUT2D eigenvalue weighted by Gasteiger charge is -2.29. The lowest BCUT2D eigenvalue weighted by molar-refractivity contribution is -0.129. The van der Waals surface area contributed by atoms with Gasteiger partial charge in [0.25, 0.3) is 0 Å². The fourth-order valence-electron chi connectivity index (χ4n) is 2.69. The van der Waals surface area contributed by atoms with Gasteiger partial charge in [-0.2, -0.15) is 0 Å². The Hall–Kier alpha value is -1.99. The Morgan fingerprint density at radius 3 is 2.52 bits per heavy atom. The lowest BCUT2D eigenvalue weighted by Crippen LogP contribution is -2.44. The van der Waals surface area contributed by atoms with Crippen LogP contribution in [0.4, 0.5) is 4.39 Å². The largest absolute Gasteiger partial charge is 0.379 e. The third kappa shape index (κ3) is 7.19. The molecule has 1 aliphatic heterocycles. The standard InChI is InChI=1S/C18H26FN3O3/c1-15(23)22(9-8-21-10-12-25-13-11-21)7-6-20-18(24)14-16-2-4-17(19)5-3-16/h2-5H,6-14H2,1H3,(H,20,24). The fraction of sp³-hybridized carbons (Fsp3) is 0.556. The number of amides is 2. The van der Waals surface area contributed by atoms with Gasteiger partial charge in [0.05, 0.1) is 19.6 Å². The van der Waals surface area contributed by atoms with E-state index in [1.807, 2.05) is 0 Å². The summed E-state index contributed by atoms with van der Waals surface area (Å²) in [5, 5.41) is 2.81. The van der Waals surface area contributed by atoms with Gasteiger partial charge in [-0.1, -0.05) is 12.1 Å². The quantitative estimate of drug-likeness (QED) is 0.748. The Morgan fingerprint density at radius 1 is 1.20 bits per heavy atom. The number of nitrogens with one attached hydrogen (secondary N) is 1. The molecule has 0 spiro atoms. The highest BCUT2D eigenvalue weighted by Gasteiger charge is 2.14. The second kappa shape index (κ2) is 10.1. The minimum absolute atomic E-state index is 0.000966. The summed E-state index contributed by atoms with van der Waals surface area (Å²) in [7, 11) is 0. The van der Waals surface area contributed by atoms with E-state index in [0.29, 0.717) is 19.6 Å². The molecule has 25 heavy (non-hydrogen) atoms. The molecule has 0 saturated carbocycles. The third-order valence-corrected chi connectivity index (χ3v) is 4.22. The Morgan fingerprint density at radius 2 is 1.88 bits per heavy atom. The third-order valence-electron chi connectivity index (χ3n) is 4.22. The molecule has 1 aliphatic rings. The number of ether oxygens (including phenoxy) is 1. The molecule has 0 aromatic heterocycles. The zero-order valence-electron chi connectivity index (χ0n) is 14.7. The van der Waals surface area contributed by atoms with Crippen LogP contribution in [0.1, 0.15) is 12.5 Å². The van der Waals surface area contributed by atoms with Crippen LogP contribution in [0.25, 0.3) is 0 Å². The lowest BCUT2D eigenvalue weighted by atomic mass is 10.1. The van der Waals surface area contributed by atoms with Crippen LogP contribution in [0.15, 0.2) is 24.3 Å². The first-order valence-electron chi connectivity index (χ1n) is 8.61. The first kappa shape index (κ1) is 19.3. The monoisotopic (exact) mass is 351 g/mol. The van der Waals surface area contributed by atoms with Crippen LogP contribution in [0.2, 0.25) is 0 Å². The molecular formula is C18H26FN3O3. The maximum Gasteiger partial charge on any atom is 0.224 e. The maximum atomic E-state index is 12.8. The van der Waals surface area contributed by atoms with Gasteiger partial charge in [-0.25, -0.2) is 4.39 Å². The van der Waals surface area contributed by atoms with Gasteiger partial charge in [0.2, 0.25) is 11.8 Å². The molecule has 1 aromatic rings. The molecule has 1 fully saturated rings. The van der Waals surface area contributed by atoms with E-state index in [2.05, 4.69) is 10.2 Å². The second-order valence-electron chi connectivity index (χ2n) is 6.11. The number of carbonyl (C=O) groups is 2. The predicted molar refractivity (Wildman–Crippen MR) is 92.6 cm³/mol. The van der Waals surface area contributed by atoms with Gasteiger partial charge in [-0.15, -0.1) is 0 Å². The molecule has 2 amide bonds. The van der Waals surface area contributed by atoms with Crippen LogP contribution in [-0.4, -0.2) is 74.1 Å². The molecule has 0 aliphatic carbocycles. The number of morpholine rings is 1. The molecule has 1 saturated heterocycles. The number of halogens is 1. The van der Waals surface area contributed by atoms with Crippen molar-refractivity contribution in [3.05, 3.63) is 35.6 Å². The van der Waals surface area contributed by atoms with Crippen LogP contribution in [-0.2, 0) is 20.7 Å². The van der Waals surface area contributed by atoms with Crippen LogP contribution in [0.5, 0.6) is 0 Å². The molecule has 7 heteroatoms. The van der Waals surface area contributed by atoms with Gasteiger partial charge in [0, 0.05) is 46.2 Å². The highest BCUT2D eigenvalue weighted by atomic mass is 19.1. The van der Waals surface area contributed by atoms with Crippen LogP contribution in [0.3, 0.4) is 0 Å². The minimum Gasteiger partial charge on any atom is -0.379 e. The molecule has 138 valence electrons. The Labute approximate surface area is 147 Å². The topological polar surface area (TPSA) is 61.9 Å². The Kier molecular flexibility index (Phi) is 7.81. The van der Waals surface area contributed by atoms with Gasteiger partial charge in [0.1, 0.15) is 5.82 Å². The summed E-state index contributed by atoms with van der Waals surface area (Å²) in [6, 6.07) is 5.87. The van der Waals surface area contributed by atoms with Crippen molar-refractivity contribution in [2.45, 2.75) is 13.3 Å². The first-order chi connectivity index (χ1) is 12.0. The number of benzene rings is 1. The van der Waals surface area contributed by atoms with Gasteiger partial charge < -0.3 is 15.0 Å². The molecule has 1 N–H and O–H groups in total. The van der Waals surface area contributed by atoms with Crippen molar-refractivity contribution in [1.82, 2.24) is 15.1 Å². The summed E-state index contributed by atoms with van der Waals surface area (Å²) in [6.07, 6.45) is 0.203. The summed E-state index contributed by atoms with van der Waals surface area (Å²) in [4.78, 5) is 27.7. The minimum atomic E-state index is -0.318. The van der Waals surface area contributed by atoms with Gasteiger partial charge in [-0.05, 0) is 17.7 Å². The molecule has 0 unspecified atom stereocenters. The zero-order valence-corrected chi connectivity index (χ0v) is 14.7. The number of hydrogen-bond donors (Lipinski definition) is 1. The average molecular weight is 351 g/mol. The van der Waals surface area contributed by atoms with Crippen molar-refractivity contribution >= 4 is 11.8 Å². The molecule has 0 atom stereocenters. The van der Waals surface area contributed by atoms with Crippen molar-refractivity contribution in [2.75, 3.05) is 52.5 Å². The fourth-order valence-corrected chi connectivity index (χ4v) is 2.69. The summed E-state index contributed by atoms with van der Waals surface area (Å²) in [5.41, 5.74) is 0.759. The van der Waals surface area contributed by atoms with E-state index in [-0.39, 0.29) is 24.1 Å². The van der Waals surface area contributed by atoms with E-state index in [0.717, 1.165) is 38.4 Å². The molecule has 1 heterocycles. The van der Waals surface area contributed by atoms with Crippen LogP contribution in [0, 0.1) is 5.82 Å². The van der Waals surface area contributed by atoms with Gasteiger partial charge in [0.15, 0.2) is 0 Å². The van der Waals surface area contributed by atoms with E-state index < -0.39 is 0 Å². The highest BCUT2D eigenvalue weighted by Crippen LogP contribution is 2.03. The van der Waals surface area contributed by atoms with Crippen molar-refractivity contribution in [3.8, 4) is 0 Å². The summed E-state index contributed by atoms with van der Waals surface area (Å²) in [5.74, 6) is -0.453. The van der Waals surface area contributed by atoms with Crippen LogP contribution >= 0.6 is 0 Å². The van der Waals surface area contributed by atoms with Crippen molar-refractivity contribution in [1.29, 1.82) is 0 Å². The average Bonchev–Trinajstić information content (AvgIpc) is 2.60. The Balaban J connectivity index is 1.68. The van der Waals surface area contributed by atoms with Gasteiger partial charge >= 0.3 is 0 Å². The number of nitrogens with zero attached hydrogens (tertiary/aromatic N) is 2. The SMILES string of the molecule is CC(=O)N(CCNC(=O)Cc1ccc(F)cc1)CCN1CCOCC1. The summed E-state index contributed by atoms with van der Waals surface area (Å²) < 4.78 is 18.2. The van der Waals surface area contributed by atoms with E-state index in [9.17, 15) is 14.0 Å². The number of hydrogen-bond acceptors (Lipinski definition) is 4. The van der Waals surface area contributed by atoms with Crippen molar-refractivity contribution in [3.63, 3.8) is 0 Å². The molecule has 0 radical (unpaired) electrons. The zero-order chi connectivity index (χ0) is 18.1. The van der Waals surface area contributed by atoms with Crippen LogP contribution < -0.4 is 5.32 Å².